The van der Waals surface area contributed by atoms with Gasteiger partial charge in [0.2, 0.25) is 10.3 Å². The second-order valence-corrected chi connectivity index (χ2v) is 24.5. The van der Waals surface area contributed by atoms with Crippen LogP contribution in [0.15, 0.2) is 50.8 Å². The van der Waals surface area contributed by atoms with Gasteiger partial charge in [0.25, 0.3) is 5.69 Å². The van der Waals surface area contributed by atoms with Gasteiger partial charge in [-0.15, -0.1) is 30.7 Å². The Balaban J connectivity index is 1.30. The normalized spacial score (nSPS) is 12.2. The molecule has 8 aromatic rings. The molecule has 0 saturated carbocycles. The van der Waals surface area contributed by atoms with Crippen LogP contribution in [0.2, 0.25) is 0 Å². The molecule has 0 aliphatic rings. The highest BCUT2D eigenvalue weighted by molar-refractivity contribution is 7.16. The van der Waals surface area contributed by atoms with E-state index in [1.807, 2.05) is 117 Å². The van der Waals surface area contributed by atoms with Gasteiger partial charge < -0.3 is 20.3 Å². The zero-order chi connectivity index (χ0) is 60.6. The van der Waals surface area contributed by atoms with Gasteiger partial charge in [-0.05, 0) is 101 Å². The molecule has 2 aromatic carbocycles. The Morgan fingerprint density at radius 3 is 1.88 bits per heavy atom. The Labute approximate surface area is 486 Å². The number of hydrogen-bond donors (Lipinski definition) is 3. The first kappa shape index (κ1) is 60.1. The van der Waals surface area contributed by atoms with Crippen LogP contribution in [0.1, 0.15) is 155 Å². The van der Waals surface area contributed by atoms with Crippen molar-refractivity contribution < 1.29 is 19.7 Å². The molecule has 430 valence electrons. The largest absolute Gasteiger partial charge is 0.481 e. The number of rotatable bonds is 18. The van der Waals surface area contributed by atoms with Crippen molar-refractivity contribution >= 4 is 74.8 Å². The number of pyridine rings is 1. The Kier molecular flexibility index (Phi) is 17.0. The average Bonchev–Trinajstić information content (AvgIpc) is 2.43. The van der Waals surface area contributed by atoms with E-state index >= 15 is 0 Å². The van der Waals surface area contributed by atoms with Crippen LogP contribution >= 0.6 is 11.3 Å². The molecule has 24 heteroatoms. The van der Waals surface area contributed by atoms with Gasteiger partial charge in [0.15, 0.2) is 23.3 Å². The number of fused-ring (bicyclic) bond motifs is 1. The number of nitriles is 2. The Morgan fingerprint density at radius 2 is 1.33 bits per heavy atom. The van der Waals surface area contributed by atoms with Crippen molar-refractivity contribution in [3.05, 3.63) is 115 Å². The van der Waals surface area contributed by atoms with Crippen LogP contribution in [0.25, 0.3) is 20.8 Å². The van der Waals surface area contributed by atoms with Gasteiger partial charge in [0, 0.05) is 40.7 Å². The molecule has 0 saturated heterocycles. The van der Waals surface area contributed by atoms with Crippen LogP contribution in [0, 0.1) is 77.7 Å². The third-order valence-electron chi connectivity index (χ3n) is 13.5. The van der Waals surface area contributed by atoms with E-state index in [4.69, 9.17) is 46.9 Å². The predicted molar refractivity (Wildman–Crippen MR) is 318 cm³/mol. The fraction of sp³-hybridized carbons (Fsp3) is 0.424. The van der Waals surface area contributed by atoms with Crippen molar-refractivity contribution in [3.8, 4) is 22.4 Å². The molecule has 0 spiro atoms. The SMILES string of the molecule is [C-]#[N+]c1c(C(C)(C)C)nn(-c2nnc(-n3nc(C(C)(C)C)c(C#N)c3N=Nc3c(C)cc(N(CCCC(=O)O)c4c(C)cc(C)cc4C)nc3Nc3c(C)cc(C)cc3C)s2)c1N=Nc1c(C#N)c(COOCC)c2[nH]c(C(C)(C)C)nn12. The number of hydrogen-bond acceptors (Lipinski definition) is 18. The molecule has 0 atom stereocenters. The van der Waals surface area contributed by atoms with E-state index in [0.717, 1.165) is 56.1 Å². The van der Waals surface area contributed by atoms with E-state index in [1.54, 1.807) is 6.92 Å². The minimum absolute atomic E-state index is 0.0114. The lowest BCUT2D eigenvalue weighted by Crippen LogP contribution is -2.23. The first-order valence-corrected chi connectivity index (χ1v) is 27.9. The van der Waals surface area contributed by atoms with Gasteiger partial charge in [0.1, 0.15) is 52.8 Å². The maximum Gasteiger partial charge on any atom is 0.303 e. The van der Waals surface area contributed by atoms with E-state index in [2.05, 4.69) is 76.9 Å². The Bertz CT molecular complexity index is 3970. The van der Waals surface area contributed by atoms with Crippen LogP contribution in [0.5, 0.6) is 0 Å². The summed E-state index contributed by atoms with van der Waals surface area (Å²) in [6.07, 6.45) is 0.323. The molecular weight excluding hydrogens is 1070 g/mol. The Hall–Kier alpha value is -9.02. The van der Waals surface area contributed by atoms with Crippen LogP contribution < -0.4 is 10.2 Å². The molecule has 23 nitrogen and oxygen atoms in total. The quantitative estimate of drug-likeness (QED) is 0.0237. The second kappa shape index (κ2) is 23.5. The summed E-state index contributed by atoms with van der Waals surface area (Å²) in [4.78, 5) is 37.1. The number of carboxylic acids is 1. The average molecular weight is 1140 g/mol. The molecule has 0 fully saturated rings. The molecule has 0 radical (unpaired) electrons. The number of aromatic amines is 1. The predicted octanol–water partition coefficient (Wildman–Crippen LogP) is 14.7. The second-order valence-electron chi connectivity index (χ2n) is 23.6. The third-order valence-corrected chi connectivity index (χ3v) is 14.4. The molecule has 8 rings (SSSR count). The summed E-state index contributed by atoms with van der Waals surface area (Å²) in [6, 6.07) is 14.9. The number of H-pyrrole nitrogens is 1. The highest BCUT2D eigenvalue weighted by Gasteiger charge is 2.33. The maximum absolute atomic E-state index is 11.9. The summed E-state index contributed by atoms with van der Waals surface area (Å²) >= 11 is 1.05. The lowest BCUT2D eigenvalue weighted by molar-refractivity contribution is -0.300. The number of aliphatic carboxylic acids is 1. The van der Waals surface area contributed by atoms with Crippen molar-refractivity contribution in [2.45, 2.75) is 153 Å². The summed E-state index contributed by atoms with van der Waals surface area (Å²) in [5.41, 5.74) is 9.34. The van der Waals surface area contributed by atoms with Crippen molar-refractivity contribution in [1.82, 2.24) is 49.3 Å². The van der Waals surface area contributed by atoms with Crippen molar-refractivity contribution in [3.63, 3.8) is 0 Å². The van der Waals surface area contributed by atoms with E-state index < -0.39 is 22.2 Å². The summed E-state index contributed by atoms with van der Waals surface area (Å²) < 4.78 is 4.30. The zero-order valence-corrected chi connectivity index (χ0v) is 50.9. The first-order valence-electron chi connectivity index (χ1n) is 27.0. The van der Waals surface area contributed by atoms with Crippen LogP contribution in [0.4, 0.5) is 51.8 Å². The van der Waals surface area contributed by atoms with Gasteiger partial charge >= 0.3 is 5.97 Å². The van der Waals surface area contributed by atoms with E-state index in [9.17, 15) is 20.4 Å². The zero-order valence-electron chi connectivity index (χ0n) is 50.1. The van der Waals surface area contributed by atoms with E-state index in [-0.39, 0.29) is 64.2 Å². The molecule has 0 unspecified atom stereocenters. The first-order chi connectivity index (χ1) is 39.1. The monoisotopic (exact) mass is 1140 g/mol. The third kappa shape index (κ3) is 12.3. The number of benzene rings is 2. The maximum atomic E-state index is 11.9. The van der Waals surface area contributed by atoms with Gasteiger partial charge in [-0.1, -0.05) is 109 Å². The van der Waals surface area contributed by atoms with Crippen molar-refractivity contribution in [2.24, 2.45) is 20.5 Å². The number of nitrogens with zero attached hydrogens (tertiary/aromatic N) is 17. The molecule has 0 bridgehead atoms. The van der Waals surface area contributed by atoms with Crippen molar-refractivity contribution in [2.75, 3.05) is 23.4 Å². The summed E-state index contributed by atoms with van der Waals surface area (Å²) in [5.74, 6) is 0.825. The fourth-order valence-corrected chi connectivity index (χ4v) is 10.6. The van der Waals surface area contributed by atoms with Gasteiger partial charge in [-0.2, -0.15) is 39.7 Å². The minimum Gasteiger partial charge on any atom is -0.481 e. The molecule has 6 heterocycles. The number of aromatic nitrogens is 10. The smallest absolute Gasteiger partial charge is 0.303 e. The number of carboxylic acid groups (broad SMARTS) is 1. The van der Waals surface area contributed by atoms with E-state index in [1.165, 1.54) is 13.9 Å². The summed E-state index contributed by atoms with van der Waals surface area (Å²) in [7, 11) is 0. The number of aryl methyl sites for hydroxylation is 7. The highest BCUT2D eigenvalue weighted by atomic mass is 32.1. The standard InChI is InChI=1S/C59H69N19O4S/c1-19-81-82-30-40-38(28-60)51(76-50(40)65-54(74-76)59(15,16)17)68-69-53-45(62-18)48(58(12,13)14)73-78(53)56-71-70-55(83-56)77-52(39(29-61)47(72-77)57(9,10)11)67-66-44-35(6)27-41(63-49(44)64-43-33(4)23-31(2)24-34(43)5)75(22-20-21-42(79)80)46-36(7)25-32(3)26-37(46)8/h23-27H,19-22,30H2,1-17H3,(H,63,64)(H,65,74)(H,79,80). The fourth-order valence-electron chi connectivity index (χ4n) is 9.82. The molecule has 3 N–H and O–H groups in total. The number of nitrogens with one attached hydrogen (secondary N) is 2. The van der Waals surface area contributed by atoms with Crippen LogP contribution in [0.3, 0.4) is 0 Å². The highest BCUT2D eigenvalue weighted by Crippen LogP contribution is 2.45. The summed E-state index contributed by atoms with van der Waals surface area (Å²) in [6.45, 7) is 42.4. The number of carbonyl (C=O) groups is 1. The van der Waals surface area contributed by atoms with Crippen molar-refractivity contribution in [1.29, 1.82) is 10.5 Å². The van der Waals surface area contributed by atoms with E-state index in [0.29, 0.717) is 64.3 Å². The number of anilines is 4. The topological polar surface area (TPSA) is 280 Å². The molecular formula is C59H69N19O4S. The van der Waals surface area contributed by atoms with Crippen LogP contribution in [-0.4, -0.2) is 73.6 Å². The minimum atomic E-state index is -0.891. The Morgan fingerprint density at radius 1 is 0.759 bits per heavy atom. The van der Waals surface area contributed by atoms with Gasteiger partial charge in [-0.3, -0.25) is 4.79 Å². The van der Waals surface area contributed by atoms with Crippen LogP contribution in [-0.2, 0) is 37.4 Å². The molecule has 83 heavy (non-hydrogen) atoms. The lowest BCUT2D eigenvalue weighted by Gasteiger charge is -2.29. The molecule has 0 amide bonds. The molecule has 6 aromatic heterocycles. The van der Waals surface area contributed by atoms with Gasteiger partial charge in [-0.25, -0.2) is 19.6 Å². The van der Waals surface area contributed by atoms with Gasteiger partial charge in [0.05, 0.1) is 24.6 Å². The summed E-state index contributed by atoms with van der Waals surface area (Å²) in [5, 5.41) is 78.2. The number of azo groups is 2. The lowest BCUT2D eigenvalue weighted by atomic mass is 9.90. The molecule has 0 aliphatic heterocycles. The molecule has 0 aliphatic carbocycles.